The minimum Gasteiger partial charge on any atom is -0.378 e. The molecule has 2 aromatic rings. The van der Waals surface area contributed by atoms with Crippen molar-refractivity contribution >= 4 is 28.7 Å². The van der Waals surface area contributed by atoms with Crippen molar-refractivity contribution < 1.29 is 40.8 Å². The smallest absolute Gasteiger partial charge is 0.378 e. The molecule has 2 heterocycles. The van der Waals surface area contributed by atoms with Crippen LogP contribution in [0.5, 0.6) is 0 Å². The third-order valence-electron chi connectivity index (χ3n) is 6.64. The summed E-state index contributed by atoms with van der Waals surface area (Å²) in [5, 5.41) is 14.1. The summed E-state index contributed by atoms with van der Waals surface area (Å²) in [6, 6.07) is 5.45. The van der Waals surface area contributed by atoms with E-state index in [9.17, 15) is 41.3 Å². The summed E-state index contributed by atoms with van der Waals surface area (Å²) in [6.45, 7) is 1.95. The Bertz CT molecular complexity index is 1190. The second kappa shape index (κ2) is 10.7. The molecule has 2 aliphatic heterocycles. The highest BCUT2D eigenvalue weighted by molar-refractivity contribution is 5.96. The van der Waals surface area contributed by atoms with Gasteiger partial charge in [0, 0.05) is 38.2 Å². The first-order valence-electron chi connectivity index (χ1n) is 11.8. The van der Waals surface area contributed by atoms with Crippen molar-refractivity contribution in [2.75, 3.05) is 54.5 Å². The average Bonchev–Trinajstić information content (AvgIpc) is 2.88. The second-order valence-corrected chi connectivity index (χ2v) is 9.04. The molecular formula is C24H24F6N4O4. The van der Waals surface area contributed by atoms with Gasteiger partial charge in [-0.1, -0.05) is 0 Å². The number of ether oxygens (including phenoxy) is 1. The molecule has 4 rings (SSSR count). The van der Waals surface area contributed by atoms with Crippen LogP contribution in [0.2, 0.25) is 0 Å². The maximum atomic E-state index is 13.4. The van der Waals surface area contributed by atoms with Crippen molar-refractivity contribution in [2.45, 2.75) is 25.2 Å². The molecule has 1 N–H and O–H groups in total. The number of hydrogen-bond donors (Lipinski definition) is 1. The van der Waals surface area contributed by atoms with Crippen LogP contribution in [0.1, 0.15) is 24.0 Å². The number of amides is 1. The van der Waals surface area contributed by atoms with Gasteiger partial charge in [0.25, 0.3) is 5.69 Å². The van der Waals surface area contributed by atoms with Gasteiger partial charge in [0.2, 0.25) is 5.91 Å². The van der Waals surface area contributed by atoms with Gasteiger partial charge in [-0.05, 0) is 43.2 Å². The van der Waals surface area contributed by atoms with Gasteiger partial charge >= 0.3 is 12.4 Å². The predicted octanol–water partition coefficient (Wildman–Crippen LogP) is 5.32. The first-order valence-corrected chi connectivity index (χ1v) is 11.8. The molecule has 0 bridgehead atoms. The van der Waals surface area contributed by atoms with Gasteiger partial charge in [0.1, 0.15) is 5.69 Å². The summed E-state index contributed by atoms with van der Waals surface area (Å²) in [5.74, 6) is -1.10. The monoisotopic (exact) mass is 546 g/mol. The van der Waals surface area contributed by atoms with E-state index in [1.165, 1.54) is 11.0 Å². The normalized spacial score (nSPS) is 17.4. The lowest BCUT2D eigenvalue weighted by Gasteiger charge is -2.34. The number of carbonyl (C=O) groups excluding carboxylic acids is 1. The van der Waals surface area contributed by atoms with Crippen LogP contribution in [0.25, 0.3) is 0 Å². The minimum atomic E-state index is -4.74. The van der Waals surface area contributed by atoms with Gasteiger partial charge in [-0.15, -0.1) is 0 Å². The van der Waals surface area contributed by atoms with E-state index in [1.807, 2.05) is 4.90 Å². The van der Waals surface area contributed by atoms with E-state index in [0.717, 1.165) is 24.3 Å². The highest BCUT2D eigenvalue weighted by atomic mass is 19.4. The zero-order valence-electron chi connectivity index (χ0n) is 19.9. The van der Waals surface area contributed by atoms with Crippen LogP contribution in [-0.2, 0) is 21.9 Å². The molecule has 38 heavy (non-hydrogen) atoms. The zero-order valence-corrected chi connectivity index (χ0v) is 19.9. The molecule has 0 radical (unpaired) electrons. The number of nitrogens with one attached hydrogen (secondary N) is 1. The van der Waals surface area contributed by atoms with E-state index in [2.05, 4.69) is 5.32 Å². The van der Waals surface area contributed by atoms with Crippen LogP contribution in [-0.4, -0.2) is 50.2 Å². The Labute approximate surface area is 213 Å². The number of rotatable bonds is 5. The first kappa shape index (κ1) is 27.5. The fourth-order valence-corrected chi connectivity index (χ4v) is 4.62. The number of nitrogens with zero attached hydrogens (tertiary/aromatic N) is 3. The topological polar surface area (TPSA) is 88.0 Å². The summed E-state index contributed by atoms with van der Waals surface area (Å²) in [4.78, 5) is 27.0. The first-order chi connectivity index (χ1) is 17.8. The SMILES string of the molecule is O=C(Nc1cc(C(F)(F)F)ccc1N1CCOCC1)C1CCN(c2ccc(C(F)(F)F)cc2[N+](=O)[O-])CC1. The molecule has 8 nitrogen and oxygen atoms in total. The summed E-state index contributed by atoms with van der Waals surface area (Å²) in [6.07, 6.45) is -8.94. The van der Waals surface area contributed by atoms with Crippen LogP contribution in [0.3, 0.4) is 0 Å². The lowest BCUT2D eigenvalue weighted by Crippen LogP contribution is -2.39. The number of benzene rings is 2. The second-order valence-electron chi connectivity index (χ2n) is 9.04. The molecule has 2 aromatic carbocycles. The van der Waals surface area contributed by atoms with Crippen molar-refractivity contribution in [3.05, 3.63) is 57.6 Å². The molecule has 0 atom stereocenters. The molecule has 0 aromatic heterocycles. The van der Waals surface area contributed by atoms with Crippen LogP contribution < -0.4 is 15.1 Å². The highest BCUT2D eigenvalue weighted by Crippen LogP contribution is 2.39. The van der Waals surface area contributed by atoms with Gasteiger partial charge < -0.3 is 19.9 Å². The van der Waals surface area contributed by atoms with E-state index in [1.54, 1.807) is 0 Å². The van der Waals surface area contributed by atoms with Gasteiger partial charge in [-0.25, -0.2) is 0 Å². The van der Waals surface area contributed by atoms with Gasteiger partial charge in [-0.2, -0.15) is 26.3 Å². The molecule has 2 aliphatic rings. The summed E-state index contributed by atoms with van der Waals surface area (Å²) < 4.78 is 84.4. The van der Waals surface area contributed by atoms with E-state index in [0.29, 0.717) is 38.1 Å². The Morgan fingerprint density at radius 2 is 1.39 bits per heavy atom. The number of hydrogen-bond acceptors (Lipinski definition) is 6. The standard InChI is InChI=1S/C24H24F6N4O4/c25-23(26,27)16-1-3-19(33-9-11-38-12-10-33)18(13-16)31-22(35)15-5-7-32(8-6-15)20-4-2-17(24(28,29)30)14-21(20)34(36)37/h1-4,13-15H,5-12H2,(H,31,35). The Balaban J connectivity index is 1.49. The van der Waals surface area contributed by atoms with Gasteiger partial charge in [-0.3, -0.25) is 14.9 Å². The molecule has 2 fully saturated rings. The Morgan fingerprint density at radius 3 is 1.95 bits per heavy atom. The average molecular weight is 546 g/mol. The Hall–Kier alpha value is -3.55. The lowest BCUT2D eigenvalue weighted by molar-refractivity contribution is -0.384. The molecule has 14 heteroatoms. The van der Waals surface area contributed by atoms with Gasteiger partial charge in [0.15, 0.2) is 0 Å². The van der Waals surface area contributed by atoms with E-state index in [4.69, 9.17) is 4.74 Å². The van der Waals surface area contributed by atoms with Crippen molar-refractivity contribution in [3.8, 4) is 0 Å². The molecule has 0 unspecified atom stereocenters. The number of morpholine rings is 1. The number of piperidine rings is 1. The molecule has 206 valence electrons. The van der Waals surface area contributed by atoms with Crippen molar-refractivity contribution in [1.29, 1.82) is 0 Å². The molecule has 0 saturated carbocycles. The number of halogens is 6. The summed E-state index contributed by atoms with van der Waals surface area (Å²) in [7, 11) is 0. The number of nitro groups is 1. The number of alkyl halides is 6. The number of nitro benzene ring substituents is 1. The van der Waals surface area contributed by atoms with Crippen LogP contribution >= 0.6 is 0 Å². The van der Waals surface area contributed by atoms with E-state index >= 15 is 0 Å². The third kappa shape index (κ3) is 6.11. The third-order valence-corrected chi connectivity index (χ3v) is 6.64. The van der Waals surface area contributed by atoms with Crippen LogP contribution in [0.15, 0.2) is 36.4 Å². The predicted molar refractivity (Wildman–Crippen MR) is 126 cm³/mol. The van der Waals surface area contributed by atoms with E-state index in [-0.39, 0.29) is 37.3 Å². The maximum absolute atomic E-state index is 13.4. The Morgan fingerprint density at radius 1 is 0.868 bits per heavy atom. The fourth-order valence-electron chi connectivity index (χ4n) is 4.62. The number of anilines is 3. The summed E-state index contributed by atoms with van der Waals surface area (Å²) in [5.41, 5.74) is -2.27. The minimum absolute atomic E-state index is 0.00865. The molecular weight excluding hydrogens is 522 g/mol. The molecule has 1 amide bonds. The van der Waals surface area contributed by atoms with Crippen LogP contribution in [0, 0.1) is 16.0 Å². The molecule has 0 spiro atoms. The Kier molecular flexibility index (Phi) is 7.72. The largest absolute Gasteiger partial charge is 0.416 e. The lowest BCUT2D eigenvalue weighted by atomic mass is 9.95. The summed E-state index contributed by atoms with van der Waals surface area (Å²) >= 11 is 0. The van der Waals surface area contributed by atoms with Crippen LogP contribution in [0.4, 0.5) is 49.1 Å². The fraction of sp³-hybridized carbons (Fsp3) is 0.458. The maximum Gasteiger partial charge on any atom is 0.416 e. The van der Waals surface area contributed by atoms with Crippen molar-refractivity contribution in [1.82, 2.24) is 0 Å². The zero-order chi connectivity index (χ0) is 27.7. The number of carbonyl (C=O) groups is 1. The van der Waals surface area contributed by atoms with Crippen molar-refractivity contribution in [3.63, 3.8) is 0 Å². The molecule has 0 aliphatic carbocycles. The quantitative estimate of drug-likeness (QED) is 0.310. The van der Waals surface area contributed by atoms with Gasteiger partial charge in [0.05, 0.1) is 40.6 Å². The van der Waals surface area contributed by atoms with Crippen molar-refractivity contribution in [2.24, 2.45) is 5.92 Å². The molecule has 2 saturated heterocycles. The highest BCUT2D eigenvalue weighted by Gasteiger charge is 2.36. The van der Waals surface area contributed by atoms with E-state index < -0.39 is 45.9 Å².